The van der Waals surface area contributed by atoms with Crippen molar-refractivity contribution in [2.24, 2.45) is 0 Å². The molecular weight excluding hydrogens is 238 g/mol. The zero-order valence-electron chi connectivity index (χ0n) is 12.0. The number of carbonyl (C=O) groups is 1. The van der Waals surface area contributed by atoms with E-state index < -0.39 is 0 Å². The van der Waals surface area contributed by atoms with Crippen molar-refractivity contribution < 1.29 is 4.79 Å². The van der Waals surface area contributed by atoms with Crippen molar-refractivity contribution in [3.63, 3.8) is 0 Å². The number of fused-ring (bicyclic) bond motifs is 2. The van der Waals surface area contributed by atoms with E-state index in [1.165, 1.54) is 32.1 Å². The van der Waals surface area contributed by atoms with Crippen molar-refractivity contribution >= 4 is 5.91 Å². The van der Waals surface area contributed by atoms with Gasteiger partial charge in [-0.25, -0.2) is 0 Å². The molecule has 0 aliphatic carbocycles. The zero-order valence-corrected chi connectivity index (χ0v) is 12.0. The summed E-state index contributed by atoms with van der Waals surface area (Å²) in [4.78, 5) is 14.8. The Kier molecular flexibility index (Phi) is 4.08. The van der Waals surface area contributed by atoms with Crippen LogP contribution in [0.15, 0.2) is 0 Å². The van der Waals surface area contributed by atoms with E-state index in [1.54, 1.807) is 0 Å². The van der Waals surface area contributed by atoms with Crippen molar-refractivity contribution in [3.8, 4) is 0 Å². The summed E-state index contributed by atoms with van der Waals surface area (Å²) in [6.07, 6.45) is 9.67. The van der Waals surface area contributed by atoms with Crippen LogP contribution in [0.25, 0.3) is 0 Å². The molecule has 2 N–H and O–H groups in total. The SMILES string of the molecule is CN1C2CCCC1CC(NC(=O)[C@H]1CCCCN1)C2. The molecule has 3 aliphatic rings. The molecule has 19 heavy (non-hydrogen) atoms. The highest BCUT2D eigenvalue weighted by atomic mass is 16.2. The lowest BCUT2D eigenvalue weighted by molar-refractivity contribution is -0.125. The number of hydrogen-bond acceptors (Lipinski definition) is 3. The third kappa shape index (κ3) is 2.95. The Labute approximate surface area is 116 Å². The van der Waals surface area contributed by atoms with Gasteiger partial charge in [-0.05, 0) is 52.1 Å². The van der Waals surface area contributed by atoms with Crippen LogP contribution in [0.3, 0.4) is 0 Å². The summed E-state index contributed by atoms with van der Waals surface area (Å²) in [6.45, 7) is 0.997. The maximum atomic E-state index is 12.3. The summed E-state index contributed by atoms with van der Waals surface area (Å²) in [5.74, 6) is 0.243. The summed E-state index contributed by atoms with van der Waals surface area (Å²) in [7, 11) is 2.26. The first-order chi connectivity index (χ1) is 9.24. The summed E-state index contributed by atoms with van der Waals surface area (Å²) in [5, 5.41) is 6.65. The van der Waals surface area contributed by atoms with Gasteiger partial charge in [0, 0.05) is 18.1 Å². The molecular formula is C15H27N3O. The fourth-order valence-corrected chi connectivity index (χ4v) is 4.11. The van der Waals surface area contributed by atoms with E-state index in [0.29, 0.717) is 18.1 Å². The van der Waals surface area contributed by atoms with Crippen LogP contribution in [-0.4, -0.2) is 48.6 Å². The van der Waals surface area contributed by atoms with Gasteiger partial charge in [0.15, 0.2) is 0 Å². The van der Waals surface area contributed by atoms with E-state index in [4.69, 9.17) is 0 Å². The van der Waals surface area contributed by atoms with E-state index >= 15 is 0 Å². The fourth-order valence-electron chi connectivity index (χ4n) is 4.11. The Morgan fingerprint density at radius 1 is 1.11 bits per heavy atom. The second kappa shape index (κ2) is 5.80. The number of nitrogens with zero attached hydrogens (tertiary/aromatic N) is 1. The molecule has 0 aromatic carbocycles. The van der Waals surface area contributed by atoms with Gasteiger partial charge < -0.3 is 15.5 Å². The third-order valence-electron chi connectivity index (χ3n) is 5.31. The molecule has 3 saturated heterocycles. The first-order valence-corrected chi connectivity index (χ1v) is 8.00. The first-order valence-electron chi connectivity index (χ1n) is 8.00. The standard InChI is InChI=1S/C15H27N3O/c1-18-12-5-4-6-13(18)10-11(9-12)17-15(19)14-7-2-3-8-16-14/h11-14,16H,2-10H2,1H3,(H,17,19)/t11?,12?,13?,14-/m1/s1. The molecule has 3 rings (SSSR count). The molecule has 108 valence electrons. The maximum Gasteiger partial charge on any atom is 0.237 e. The second-order valence-electron chi connectivity index (χ2n) is 6.58. The van der Waals surface area contributed by atoms with Crippen LogP contribution in [-0.2, 0) is 4.79 Å². The van der Waals surface area contributed by atoms with Crippen molar-refractivity contribution in [3.05, 3.63) is 0 Å². The van der Waals surface area contributed by atoms with Gasteiger partial charge in [-0.15, -0.1) is 0 Å². The van der Waals surface area contributed by atoms with Crippen LogP contribution in [0.2, 0.25) is 0 Å². The van der Waals surface area contributed by atoms with Gasteiger partial charge >= 0.3 is 0 Å². The number of nitrogens with one attached hydrogen (secondary N) is 2. The number of carbonyl (C=O) groups excluding carboxylic acids is 1. The van der Waals surface area contributed by atoms with Crippen molar-refractivity contribution in [2.75, 3.05) is 13.6 Å². The van der Waals surface area contributed by atoms with E-state index in [1.807, 2.05) is 0 Å². The monoisotopic (exact) mass is 265 g/mol. The molecule has 3 heterocycles. The van der Waals surface area contributed by atoms with Crippen molar-refractivity contribution in [2.45, 2.75) is 75.5 Å². The first kappa shape index (κ1) is 13.4. The highest BCUT2D eigenvalue weighted by Crippen LogP contribution is 2.32. The van der Waals surface area contributed by atoms with Crippen LogP contribution >= 0.6 is 0 Å². The highest BCUT2D eigenvalue weighted by molar-refractivity contribution is 5.82. The molecule has 1 amide bonds. The zero-order chi connectivity index (χ0) is 13.2. The van der Waals surface area contributed by atoms with E-state index in [9.17, 15) is 4.79 Å². The smallest absolute Gasteiger partial charge is 0.237 e. The lowest BCUT2D eigenvalue weighted by atomic mass is 9.82. The Morgan fingerprint density at radius 3 is 2.47 bits per heavy atom. The van der Waals surface area contributed by atoms with Gasteiger partial charge in [-0.3, -0.25) is 4.79 Å². The molecule has 0 spiro atoms. The lowest BCUT2D eigenvalue weighted by Crippen LogP contribution is -2.57. The molecule has 2 bridgehead atoms. The minimum atomic E-state index is 0.0632. The lowest BCUT2D eigenvalue weighted by Gasteiger charge is -2.47. The molecule has 3 fully saturated rings. The minimum absolute atomic E-state index is 0.0632. The predicted molar refractivity (Wildman–Crippen MR) is 76.0 cm³/mol. The van der Waals surface area contributed by atoms with Crippen LogP contribution in [0.5, 0.6) is 0 Å². The average molecular weight is 265 g/mol. The number of rotatable bonds is 2. The number of amides is 1. The maximum absolute atomic E-state index is 12.3. The number of hydrogen-bond donors (Lipinski definition) is 2. The van der Waals surface area contributed by atoms with Gasteiger partial charge in [0.2, 0.25) is 5.91 Å². The molecule has 0 aromatic heterocycles. The molecule has 3 aliphatic heterocycles. The largest absolute Gasteiger partial charge is 0.352 e. The summed E-state index contributed by atoms with van der Waals surface area (Å²) < 4.78 is 0. The minimum Gasteiger partial charge on any atom is -0.352 e. The van der Waals surface area contributed by atoms with Crippen molar-refractivity contribution in [1.29, 1.82) is 0 Å². The fraction of sp³-hybridized carbons (Fsp3) is 0.933. The molecule has 0 saturated carbocycles. The Balaban J connectivity index is 1.54. The quantitative estimate of drug-likeness (QED) is 0.790. The summed E-state index contributed by atoms with van der Waals surface area (Å²) >= 11 is 0. The predicted octanol–water partition coefficient (Wildman–Crippen LogP) is 1.26. The molecule has 4 heteroatoms. The van der Waals surface area contributed by atoms with Gasteiger partial charge in [0.1, 0.15) is 0 Å². The van der Waals surface area contributed by atoms with E-state index in [2.05, 4.69) is 22.6 Å². The van der Waals surface area contributed by atoms with Gasteiger partial charge in [-0.1, -0.05) is 12.8 Å². The third-order valence-corrected chi connectivity index (χ3v) is 5.31. The number of piperidine rings is 3. The van der Waals surface area contributed by atoms with Gasteiger partial charge in [0.05, 0.1) is 6.04 Å². The van der Waals surface area contributed by atoms with Crippen LogP contribution in [0.1, 0.15) is 51.4 Å². The van der Waals surface area contributed by atoms with Crippen LogP contribution < -0.4 is 10.6 Å². The molecule has 3 atom stereocenters. The van der Waals surface area contributed by atoms with Crippen molar-refractivity contribution in [1.82, 2.24) is 15.5 Å². The molecule has 2 unspecified atom stereocenters. The van der Waals surface area contributed by atoms with E-state index in [0.717, 1.165) is 25.8 Å². The molecule has 0 radical (unpaired) electrons. The van der Waals surface area contributed by atoms with E-state index in [-0.39, 0.29) is 11.9 Å². The molecule has 0 aromatic rings. The normalized spacial score (nSPS) is 39.8. The van der Waals surface area contributed by atoms with Crippen LogP contribution in [0.4, 0.5) is 0 Å². The average Bonchev–Trinajstić information content (AvgIpc) is 2.41. The topological polar surface area (TPSA) is 44.4 Å². The Hall–Kier alpha value is -0.610. The highest BCUT2D eigenvalue weighted by Gasteiger charge is 2.37. The van der Waals surface area contributed by atoms with Gasteiger partial charge in [0.25, 0.3) is 0 Å². The second-order valence-corrected chi connectivity index (χ2v) is 6.58. The Morgan fingerprint density at radius 2 is 1.84 bits per heavy atom. The summed E-state index contributed by atoms with van der Waals surface area (Å²) in [5.41, 5.74) is 0. The van der Waals surface area contributed by atoms with Crippen LogP contribution in [0, 0.1) is 0 Å². The Bertz CT molecular complexity index is 313. The molecule has 4 nitrogen and oxygen atoms in total. The van der Waals surface area contributed by atoms with Gasteiger partial charge in [-0.2, -0.15) is 0 Å². The summed E-state index contributed by atoms with van der Waals surface area (Å²) in [6, 6.07) is 1.85.